The molecule has 1 heterocycles. The molecule has 0 aliphatic carbocycles. The van der Waals surface area contributed by atoms with Gasteiger partial charge < -0.3 is 4.74 Å². The highest BCUT2D eigenvalue weighted by Gasteiger charge is 2.12. The fourth-order valence-corrected chi connectivity index (χ4v) is 2.30. The molecular weight excluding hydrogens is 277 g/mol. The number of rotatable bonds is 5. The van der Waals surface area contributed by atoms with E-state index in [9.17, 15) is 8.42 Å². The monoisotopic (exact) mass is 285 g/mol. The Morgan fingerprint density at radius 1 is 1.50 bits per heavy atom. The number of halogens is 2. The SMILES string of the molecule is COc1cc(Cl)nc(NS(=O)(=O)CCCl)n1. The van der Waals surface area contributed by atoms with Gasteiger partial charge >= 0.3 is 0 Å². The fourth-order valence-electron chi connectivity index (χ4n) is 0.839. The van der Waals surface area contributed by atoms with Crippen molar-refractivity contribution in [2.24, 2.45) is 0 Å². The number of hydrogen-bond acceptors (Lipinski definition) is 5. The highest BCUT2D eigenvalue weighted by atomic mass is 35.5. The van der Waals surface area contributed by atoms with E-state index in [4.69, 9.17) is 27.9 Å². The van der Waals surface area contributed by atoms with E-state index >= 15 is 0 Å². The molecule has 0 bridgehead atoms. The average molecular weight is 286 g/mol. The van der Waals surface area contributed by atoms with Gasteiger partial charge in [0.2, 0.25) is 21.9 Å². The van der Waals surface area contributed by atoms with E-state index in [1.807, 2.05) is 0 Å². The van der Waals surface area contributed by atoms with E-state index in [2.05, 4.69) is 14.7 Å². The lowest BCUT2D eigenvalue weighted by Crippen LogP contribution is -2.19. The quantitative estimate of drug-likeness (QED) is 0.648. The summed E-state index contributed by atoms with van der Waals surface area (Å²) in [7, 11) is -2.16. The molecule has 6 nitrogen and oxygen atoms in total. The molecule has 0 aliphatic heterocycles. The lowest BCUT2D eigenvalue weighted by Gasteiger charge is -2.06. The normalized spacial score (nSPS) is 11.2. The number of alkyl halides is 1. The molecular formula is C7H9Cl2N3O3S. The zero-order chi connectivity index (χ0) is 12.2. The first-order valence-electron chi connectivity index (χ1n) is 4.12. The van der Waals surface area contributed by atoms with E-state index in [-0.39, 0.29) is 28.6 Å². The number of methoxy groups -OCH3 is 1. The highest BCUT2D eigenvalue weighted by molar-refractivity contribution is 7.92. The molecule has 0 unspecified atom stereocenters. The minimum absolute atomic E-state index is 0.0208. The second kappa shape index (κ2) is 5.51. The Labute approximate surface area is 103 Å². The van der Waals surface area contributed by atoms with Gasteiger partial charge in [0.15, 0.2) is 0 Å². The Hall–Kier alpha value is -0.790. The van der Waals surface area contributed by atoms with Gasteiger partial charge in [-0.2, -0.15) is 4.98 Å². The Morgan fingerprint density at radius 3 is 2.75 bits per heavy atom. The molecule has 0 amide bonds. The lowest BCUT2D eigenvalue weighted by molar-refractivity contribution is 0.397. The first-order chi connectivity index (χ1) is 7.46. The molecule has 0 radical (unpaired) electrons. The predicted molar refractivity (Wildman–Crippen MR) is 61.7 cm³/mol. The van der Waals surface area contributed by atoms with Crippen LogP contribution in [0.1, 0.15) is 0 Å². The molecule has 0 aromatic carbocycles. The van der Waals surface area contributed by atoms with Crippen molar-refractivity contribution in [3.05, 3.63) is 11.2 Å². The summed E-state index contributed by atoms with van der Waals surface area (Å²) < 4.78 is 29.7. The number of sulfonamides is 1. The smallest absolute Gasteiger partial charge is 0.241 e. The number of nitrogens with zero attached hydrogens (tertiary/aromatic N) is 2. The van der Waals surface area contributed by atoms with Crippen LogP contribution in [0.2, 0.25) is 5.15 Å². The van der Waals surface area contributed by atoms with Gasteiger partial charge in [-0.1, -0.05) is 11.6 Å². The lowest BCUT2D eigenvalue weighted by atomic mass is 10.6. The Balaban J connectivity index is 2.93. The standard InChI is InChI=1S/C7H9Cl2N3O3S/c1-15-6-4-5(9)10-7(11-6)12-16(13,14)3-2-8/h4H,2-3H2,1H3,(H,10,11,12). The van der Waals surface area contributed by atoms with Crippen molar-refractivity contribution in [1.29, 1.82) is 0 Å². The summed E-state index contributed by atoms with van der Waals surface area (Å²) in [5.41, 5.74) is 0. The van der Waals surface area contributed by atoms with Crippen molar-refractivity contribution in [2.45, 2.75) is 0 Å². The third-order valence-electron chi connectivity index (χ3n) is 1.47. The van der Waals surface area contributed by atoms with Crippen molar-refractivity contribution in [3.8, 4) is 5.88 Å². The van der Waals surface area contributed by atoms with Crippen LogP contribution in [0, 0.1) is 0 Å². The third-order valence-corrected chi connectivity index (χ3v) is 3.32. The van der Waals surface area contributed by atoms with Crippen molar-refractivity contribution in [1.82, 2.24) is 9.97 Å². The fraction of sp³-hybridized carbons (Fsp3) is 0.429. The first-order valence-corrected chi connectivity index (χ1v) is 6.68. The first kappa shape index (κ1) is 13.3. The van der Waals surface area contributed by atoms with Gasteiger partial charge in [0, 0.05) is 11.9 Å². The van der Waals surface area contributed by atoms with Crippen LogP contribution in [0.5, 0.6) is 5.88 Å². The molecule has 0 spiro atoms. The summed E-state index contributed by atoms with van der Waals surface area (Å²) in [6.07, 6.45) is 0. The summed E-state index contributed by atoms with van der Waals surface area (Å²) >= 11 is 11.0. The van der Waals surface area contributed by atoms with Crippen molar-refractivity contribution < 1.29 is 13.2 Å². The second-order valence-electron chi connectivity index (χ2n) is 2.67. The molecule has 16 heavy (non-hydrogen) atoms. The van der Waals surface area contributed by atoms with Crippen LogP contribution in [0.3, 0.4) is 0 Å². The highest BCUT2D eigenvalue weighted by Crippen LogP contribution is 2.16. The maximum atomic E-state index is 11.4. The van der Waals surface area contributed by atoms with Crippen molar-refractivity contribution in [3.63, 3.8) is 0 Å². The maximum absolute atomic E-state index is 11.4. The summed E-state index contributed by atoms with van der Waals surface area (Å²) in [6.45, 7) is 0. The molecule has 9 heteroatoms. The predicted octanol–water partition coefficient (Wildman–Crippen LogP) is 1.12. The van der Waals surface area contributed by atoms with Crippen molar-refractivity contribution in [2.75, 3.05) is 23.5 Å². The molecule has 1 aromatic heterocycles. The van der Waals surface area contributed by atoms with Crippen LogP contribution in [0.15, 0.2) is 6.07 Å². The maximum Gasteiger partial charge on any atom is 0.241 e. The van der Waals surface area contributed by atoms with Gasteiger partial charge in [-0.25, -0.2) is 13.4 Å². The molecule has 0 aliphatic rings. The van der Waals surface area contributed by atoms with Crippen LogP contribution < -0.4 is 9.46 Å². The van der Waals surface area contributed by atoms with E-state index < -0.39 is 10.0 Å². The second-order valence-corrected chi connectivity index (χ2v) is 5.27. The zero-order valence-corrected chi connectivity index (χ0v) is 10.6. The molecule has 0 fully saturated rings. The number of anilines is 1. The molecule has 1 N–H and O–H groups in total. The third kappa shape index (κ3) is 3.99. The van der Waals surface area contributed by atoms with E-state index in [0.717, 1.165) is 0 Å². The molecule has 0 saturated heterocycles. The van der Waals surface area contributed by atoms with Crippen LogP contribution in [-0.2, 0) is 10.0 Å². The zero-order valence-electron chi connectivity index (χ0n) is 8.27. The van der Waals surface area contributed by atoms with E-state index in [1.54, 1.807) is 0 Å². The summed E-state index contributed by atoms with van der Waals surface area (Å²) in [6, 6.07) is 1.36. The summed E-state index contributed by atoms with van der Waals surface area (Å²) in [4.78, 5) is 7.46. The average Bonchev–Trinajstić information content (AvgIpc) is 2.15. The number of ether oxygens (including phenoxy) is 1. The minimum Gasteiger partial charge on any atom is -0.481 e. The molecule has 0 saturated carbocycles. The topological polar surface area (TPSA) is 81.2 Å². The number of aromatic nitrogens is 2. The van der Waals surface area contributed by atoms with Gasteiger partial charge in [-0.15, -0.1) is 11.6 Å². The van der Waals surface area contributed by atoms with E-state index in [1.165, 1.54) is 13.2 Å². The molecule has 1 aromatic rings. The van der Waals surface area contributed by atoms with Gasteiger partial charge in [0.05, 0.1) is 12.9 Å². The van der Waals surface area contributed by atoms with Gasteiger partial charge in [0.1, 0.15) is 5.15 Å². The summed E-state index contributed by atoms with van der Waals surface area (Å²) in [5, 5.41) is 0.0791. The van der Waals surface area contributed by atoms with E-state index in [0.29, 0.717) is 0 Å². The van der Waals surface area contributed by atoms with Gasteiger partial charge in [0.25, 0.3) is 0 Å². The Bertz CT molecular complexity index is 466. The van der Waals surface area contributed by atoms with Gasteiger partial charge in [-0.3, -0.25) is 4.72 Å². The number of hydrogen-bond donors (Lipinski definition) is 1. The molecule has 1 rings (SSSR count). The van der Waals surface area contributed by atoms with Gasteiger partial charge in [-0.05, 0) is 0 Å². The Kier molecular flexibility index (Phi) is 4.57. The largest absolute Gasteiger partial charge is 0.481 e. The minimum atomic E-state index is -3.55. The van der Waals surface area contributed by atoms with Crippen LogP contribution in [0.25, 0.3) is 0 Å². The summed E-state index contributed by atoms with van der Waals surface area (Å²) in [5.74, 6) is -0.224. The number of nitrogens with one attached hydrogen (secondary N) is 1. The molecule has 0 atom stereocenters. The van der Waals surface area contributed by atoms with Crippen LogP contribution >= 0.6 is 23.2 Å². The Morgan fingerprint density at radius 2 is 2.19 bits per heavy atom. The molecule has 90 valence electrons. The van der Waals surface area contributed by atoms with Crippen molar-refractivity contribution >= 4 is 39.2 Å². The van der Waals surface area contributed by atoms with Crippen LogP contribution in [-0.4, -0.2) is 37.1 Å². The van der Waals surface area contributed by atoms with Crippen LogP contribution in [0.4, 0.5) is 5.95 Å².